The molecular formula is C20H17ClN2O3. The van der Waals surface area contributed by atoms with Gasteiger partial charge in [0.2, 0.25) is 0 Å². The highest BCUT2D eigenvalue weighted by atomic mass is 35.5. The molecular weight excluding hydrogens is 352 g/mol. The van der Waals surface area contributed by atoms with E-state index >= 15 is 0 Å². The molecule has 0 aliphatic carbocycles. The van der Waals surface area contributed by atoms with Crippen molar-refractivity contribution in [3.63, 3.8) is 0 Å². The fraction of sp³-hybridized carbons (Fsp3) is 0.100. The maximum Gasteiger partial charge on any atom is 0.277 e. The van der Waals surface area contributed by atoms with Crippen LogP contribution in [0.1, 0.15) is 11.3 Å². The molecule has 3 aromatic rings. The molecule has 0 saturated carbocycles. The summed E-state index contributed by atoms with van der Waals surface area (Å²) >= 11 is 6.14. The van der Waals surface area contributed by atoms with Gasteiger partial charge in [0, 0.05) is 10.6 Å². The Bertz CT molecular complexity index is 920. The number of para-hydroxylation sites is 1. The molecule has 26 heavy (non-hydrogen) atoms. The van der Waals surface area contributed by atoms with Gasteiger partial charge in [0.25, 0.3) is 5.91 Å². The van der Waals surface area contributed by atoms with Crippen molar-refractivity contribution >= 4 is 23.7 Å². The fourth-order valence-electron chi connectivity index (χ4n) is 2.19. The Labute approximate surface area is 156 Å². The lowest BCUT2D eigenvalue weighted by molar-refractivity contribution is -0.123. The molecule has 1 amide bonds. The first-order valence-corrected chi connectivity index (χ1v) is 8.36. The molecule has 2 aromatic carbocycles. The highest BCUT2D eigenvalue weighted by molar-refractivity contribution is 6.31. The van der Waals surface area contributed by atoms with Crippen LogP contribution in [0, 0.1) is 6.92 Å². The number of nitrogens with zero attached hydrogens (tertiary/aromatic N) is 1. The Morgan fingerprint density at radius 1 is 1.19 bits per heavy atom. The molecule has 0 bridgehead atoms. The van der Waals surface area contributed by atoms with E-state index in [9.17, 15) is 4.79 Å². The zero-order valence-electron chi connectivity index (χ0n) is 14.1. The molecule has 0 radical (unpaired) electrons. The summed E-state index contributed by atoms with van der Waals surface area (Å²) in [4.78, 5) is 11.7. The van der Waals surface area contributed by atoms with Crippen molar-refractivity contribution in [2.75, 3.05) is 6.61 Å². The molecule has 0 saturated heterocycles. The molecule has 0 spiro atoms. The van der Waals surface area contributed by atoms with E-state index < -0.39 is 0 Å². The Hall–Kier alpha value is -3.05. The van der Waals surface area contributed by atoms with Gasteiger partial charge in [-0.3, -0.25) is 4.79 Å². The van der Waals surface area contributed by atoms with Gasteiger partial charge in [-0.2, -0.15) is 5.10 Å². The first-order valence-electron chi connectivity index (χ1n) is 7.98. The third-order valence-corrected chi connectivity index (χ3v) is 3.98. The smallest absolute Gasteiger partial charge is 0.277 e. The van der Waals surface area contributed by atoms with E-state index in [1.54, 1.807) is 18.2 Å². The van der Waals surface area contributed by atoms with Crippen LogP contribution in [-0.2, 0) is 4.79 Å². The second-order valence-corrected chi connectivity index (χ2v) is 5.97. The number of ether oxygens (including phenoxy) is 1. The predicted octanol–water partition coefficient (Wildman–Crippen LogP) is 4.44. The summed E-state index contributed by atoms with van der Waals surface area (Å²) in [5.74, 6) is 1.45. The summed E-state index contributed by atoms with van der Waals surface area (Å²) in [7, 11) is 0. The van der Waals surface area contributed by atoms with Crippen LogP contribution in [0.5, 0.6) is 5.75 Å². The standard InChI is InChI=1S/C20H17ClN2O3/c1-14-7-8-15(11-18(14)21)19-10-9-17(26-19)12-22-23-20(24)13-25-16-5-3-2-4-6-16/h2-12H,13H2,1H3,(H,23,24)/b22-12+. The predicted molar refractivity (Wildman–Crippen MR) is 102 cm³/mol. The third-order valence-electron chi connectivity index (χ3n) is 3.58. The molecule has 0 atom stereocenters. The Morgan fingerprint density at radius 3 is 2.77 bits per heavy atom. The van der Waals surface area contributed by atoms with Crippen molar-refractivity contribution in [2.45, 2.75) is 6.92 Å². The highest BCUT2D eigenvalue weighted by Gasteiger charge is 2.06. The maximum absolute atomic E-state index is 11.7. The highest BCUT2D eigenvalue weighted by Crippen LogP contribution is 2.26. The number of carbonyl (C=O) groups excluding carboxylic acids is 1. The average Bonchev–Trinajstić information content (AvgIpc) is 3.12. The number of hydrazone groups is 1. The molecule has 0 fully saturated rings. The van der Waals surface area contributed by atoms with Gasteiger partial charge in [-0.15, -0.1) is 0 Å². The molecule has 0 aliphatic rings. The number of benzene rings is 2. The van der Waals surface area contributed by atoms with E-state index in [4.69, 9.17) is 20.8 Å². The topological polar surface area (TPSA) is 63.8 Å². The average molecular weight is 369 g/mol. The zero-order chi connectivity index (χ0) is 18.4. The van der Waals surface area contributed by atoms with E-state index in [1.807, 2.05) is 49.4 Å². The van der Waals surface area contributed by atoms with E-state index in [2.05, 4.69) is 10.5 Å². The lowest BCUT2D eigenvalue weighted by Gasteiger charge is -2.03. The quantitative estimate of drug-likeness (QED) is 0.517. The van der Waals surface area contributed by atoms with Gasteiger partial charge in [-0.05, 0) is 42.8 Å². The molecule has 0 unspecified atom stereocenters. The van der Waals surface area contributed by atoms with Crippen LogP contribution in [0.15, 0.2) is 70.2 Å². The lowest BCUT2D eigenvalue weighted by Crippen LogP contribution is -2.24. The van der Waals surface area contributed by atoms with Crippen LogP contribution >= 0.6 is 11.6 Å². The second kappa shape index (κ2) is 8.36. The van der Waals surface area contributed by atoms with Crippen LogP contribution in [0.3, 0.4) is 0 Å². The minimum Gasteiger partial charge on any atom is -0.484 e. The van der Waals surface area contributed by atoms with Gasteiger partial charge in [0.1, 0.15) is 17.3 Å². The van der Waals surface area contributed by atoms with Crippen molar-refractivity contribution in [1.29, 1.82) is 0 Å². The van der Waals surface area contributed by atoms with Crippen molar-refractivity contribution in [1.82, 2.24) is 5.43 Å². The lowest BCUT2D eigenvalue weighted by atomic mass is 10.1. The number of hydrogen-bond acceptors (Lipinski definition) is 4. The van der Waals surface area contributed by atoms with Gasteiger partial charge in [-0.25, -0.2) is 5.43 Å². The van der Waals surface area contributed by atoms with Gasteiger partial charge >= 0.3 is 0 Å². The Morgan fingerprint density at radius 2 is 2.00 bits per heavy atom. The van der Waals surface area contributed by atoms with Crippen molar-refractivity contribution < 1.29 is 13.9 Å². The molecule has 1 aromatic heterocycles. The first kappa shape index (κ1) is 17.8. The fourth-order valence-corrected chi connectivity index (χ4v) is 2.37. The first-order chi connectivity index (χ1) is 12.6. The monoisotopic (exact) mass is 368 g/mol. The molecule has 0 aliphatic heterocycles. The SMILES string of the molecule is Cc1ccc(-c2ccc(/C=N/NC(=O)COc3ccccc3)o2)cc1Cl. The van der Waals surface area contributed by atoms with Gasteiger partial charge in [0.15, 0.2) is 6.61 Å². The van der Waals surface area contributed by atoms with Gasteiger partial charge < -0.3 is 9.15 Å². The molecule has 1 N–H and O–H groups in total. The molecule has 132 valence electrons. The molecule has 5 nitrogen and oxygen atoms in total. The molecule has 1 heterocycles. The van der Waals surface area contributed by atoms with Crippen LogP contribution in [0.4, 0.5) is 0 Å². The summed E-state index contributed by atoms with van der Waals surface area (Å²) in [6.45, 7) is 1.82. The largest absolute Gasteiger partial charge is 0.484 e. The summed E-state index contributed by atoms with van der Waals surface area (Å²) in [6.07, 6.45) is 1.43. The number of nitrogens with one attached hydrogen (secondary N) is 1. The summed E-state index contributed by atoms with van der Waals surface area (Å²) < 4.78 is 11.0. The summed E-state index contributed by atoms with van der Waals surface area (Å²) in [5, 5.41) is 4.55. The van der Waals surface area contributed by atoms with E-state index in [-0.39, 0.29) is 12.5 Å². The molecule has 6 heteroatoms. The number of aryl methyl sites for hydroxylation is 1. The van der Waals surface area contributed by atoms with Crippen molar-refractivity contribution in [3.05, 3.63) is 77.0 Å². The number of halogens is 1. The Balaban J connectivity index is 1.53. The molecule has 3 rings (SSSR count). The number of rotatable bonds is 6. The van der Waals surface area contributed by atoms with Crippen molar-refractivity contribution in [2.24, 2.45) is 5.10 Å². The zero-order valence-corrected chi connectivity index (χ0v) is 14.9. The van der Waals surface area contributed by atoms with E-state index in [0.717, 1.165) is 11.1 Å². The summed E-state index contributed by atoms with van der Waals surface area (Å²) in [5.41, 5.74) is 4.27. The number of hydrogen-bond donors (Lipinski definition) is 1. The number of amides is 1. The third kappa shape index (κ3) is 4.74. The Kier molecular flexibility index (Phi) is 5.71. The summed E-state index contributed by atoms with van der Waals surface area (Å²) in [6, 6.07) is 18.4. The second-order valence-electron chi connectivity index (χ2n) is 5.56. The van der Waals surface area contributed by atoms with Gasteiger partial charge in [-0.1, -0.05) is 41.9 Å². The van der Waals surface area contributed by atoms with Crippen LogP contribution < -0.4 is 10.2 Å². The maximum atomic E-state index is 11.7. The van der Waals surface area contributed by atoms with Crippen molar-refractivity contribution in [3.8, 4) is 17.1 Å². The van der Waals surface area contributed by atoms with E-state index in [1.165, 1.54) is 6.21 Å². The minimum atomic E-state index is -0.359. The van der Waals surface area contributed by atoms with Crippen LogP contribution in [-0.4, -0.2) is 18.7 Å². The van der Waals surface area contributed by atoms with Gasteiger partial charge in [0.05, 0.1) is 6.21 Å². The van der Waals surface area contributed by atoms with Crippen LogP contribution in [0.25, 0.3) is 11.3 Å². The van der Waals surface area contributed by atoms with E-state index in [0.29, 0.717) is 22.3 Å². The number of carbonyl (C=O) groups is 1. The normalized spacial score (nSPS) is 10.8. The van der Waals surface area contributed by atoms with Crippen LogP contribution in [0.2, 0.25) is 5.02 Å². The minimum absolute atomic E-state index is 0.118. The number of furan rings is 1.